The summed E-state index contributed by atoms with van der Waals surface area (Å²) >= 11 is 1.73. The van der Waals surface area contributed by atoms with Crippen molar-refractivity contribution in [2.24, 2.45) is 5.73 Å². The summed E-state index contributed by atoms with van der Waals surface area (Å²) in [4.78, 5) is 16.7. The quantitative estimate of drug-likeness (QED) is 0.559. The molecule has 0 bridgehead atoms. The second kappa shape index (κ2) is 9.31. The van der Waals surface area contributed by atoms with Crippen molar-refractivity contribution < 1.29 is 9.53 Å². The van der Waals surface area contributed by atoms with Crippen LogP contribution in [0, 0.1) is 0 Å². The summed E-state index contributed by atoms with van der Waals surface area (Å²) in [6.45, 7) is 0.968. The molecule has 136 valence electrons. The van der Waals surface area contributed by atoms with Crippen LogP contribution in [0.5, 0.6) is 5.75 Å². The first-order valence-corrected chi connectivity index (χ1v) is 9.63. The third kappa shape index (κ3) is 5.28. The van der Waals surface area contributed by atoms with Crippen molar-refractivity contribution >= 4 is 33.1 Å². The first-order chi connectivity index (χ1) is 12.7. The van der Waals surface area contributed by atoms with E-state index in [-0.39, 0.29) is 5.91 Å². The summed E-state index contributed by atoms with van der Waals surface area (Å²) < 4.78 is 6.64. The molecular weight excluding hydrogens is 346 g/mol. The van der Waals surface area contributed by atoms with Crippen LogP contribution in [0.2, 0.25) is 0 Å². The maximum atomic E-state index is 12.0. The lowest BCUT2D eigenvalue weighted by Gasteiger charge is -2.07. The predicted molar refractivity (Wildman–Crippen MR) is 107 cm³/mol. The zero-order valence-electron chi connectivity index (χ0n) is 14.6. The van der Waals surface area contributed by atoms with Crippen LogP contribution in [-0.2, 0) is 11.2 Å². The highest BCUT2D eigenvalue weighted by atomic mass is 32.1. The molecule has 0 saturated heterocycles. The average Bonchev–Trinajstić information content (AvgIpc) is 3.07. The number of aryl methyl sites for hydroxylation is 1. The summed E-state index contributed by atoms with van der Waals surface area (Å²) in [7, 11) is 0. The molecule has 6 heteroatoms. The van der Waals surface area contributed by atoms with E-state index in [0.717, 1.165) is 41.2 Å². The number of hydrogen-bond donors (Lipinski definition) is 2. The standard InChI is InChI=1S/C20H23N3O2S/c21-13-14-25-16-11-9-15(10-12-16)22-19(24)7-3-4-8-20-23-17-5-1-2-6-18(17)26-20/h1-2,5-6,9-12H,3-4,7-8,13-14,21H2,(H,22,24). The summed E-state index contributed by atoms with van der Waals surface area (Å²) in [6, 6.07) is 15.5. The van der Waals surface area contributed by atoms with Gasteiger partial charge in [0.2, 0.25) is 5.91 Å². The molecule has 0 atom stereocenters. The van der Waals surface area contributed by atoms with Gasteiger partial charge in [-0.15, -0.1) is 11.3 Å². The molecule has 0 aliphatic heterocycles. The van der Waals surface area contributed by atoms with Gasteiger partial charge in [-0.05, 0) is 55.7 Å². The Labute approximate surface area is 157 Å². The molecule has 3 rings (SSSR count). The average molecular weight is 369 g/mol. The Morgan fingerprint density at radius 2 is 1.92 bits per heavy atom. The van der Waals surface area contributed by atoms with Crippen molar-refractivity contribution in [3.05, 3.63) is 53.5 Å². The van der Waals surface area contributed by atoms with Gasteiger partial charge in [0, 0.05) is 18.7 Å². The van der Waals surface area contributed by atoms with E-state index in [1.807, 2.05) is 42.5 Å². The number of ether oxygens (including phenoxy) is 1. The summed E-state index contributed by atoms with van der Waals surface area (Å²) in [5, 5.41) is 4.05. The molecule has 3 aromatic rings. The second-order valence-electron chi connectivity index (χ2n) is 5.99. The Balaban J connectivity index is 1.38. The molecule has 3 N–H and O–H groups in total. The molecule has 2 aromatic carbocycles. The monoisotopic (exact) mass is 369 g/mol. The van der Waals surface area contributed by atoms with E-state index in [4.69, 9.17) is 10.5 Å². The van der Waals surface area contributed by atoms with E-state index in [0.29, 0.717) is 19.6 Å². The Morgan fingerprint density at radius 3 is 2.69 bits per heavy atom. The predicted octanol–water partition coefficient (Wildman–Crippen LogP) is 3.99. The maximum absolute atomic E-state index is 12.0. The topological polar surface area (TPSA) is 77.2 Å². The molecule has 1 aromatic heterocycles. The van der Waals surface area contributed by atoms with Gasteiger partial charge in [-0.2, -0.15) is 0 Å². The van der Waals surface area contributed by atoms with Gasteiger partial charge in [0.1, 0.15) is 12.4 Å². The van der Waals surface area contributed by atoms with Crippen LogP contribution in [0.4, 0.5) is 5.69 Å². The Morgan fingerprint density at radius 1 is 1.12 bits per heavy atom. The number of unbranched alkanes of at least 4 members (excludes halogenated alkanes) is 1. The lowest BCUT2D eigenvalue weighted by Crippen LogP contribution is -2.12. The van der Waals surface area contributed by atoms with E-state index < -0.39 is 0 Å². The zero-order valence-corrected chi connectivity index (χ0v) is 15.4. The van der Waals surface area contributed by atoms with Gasteiger partial charge in [-0.25, -0.2) is 4.98 Å². The van der Waals surface area contributed by atoms with Gasteiger partial charge in [-0.1, -0.05) is 12.1 Å². The molecule has 0 unspecified atom stereocenters. The molecule has 0 aliphatic rings. The number of rotatable bonds is 9. The summed E-state index contributed by atoms with van der Waals surface area (Å²) in [5.41, 5.74) is 7.24. The van der Waals surface area contributed by atoms with Crippen LogP contribution in [0.1, 0.15) is 24.3 Å². The number of carbonyl (C=O) groups is 1. The fourth-order valence-corrected chi connectivity index (χ4v) is 3.63. The molecular formula is C20H23N3O2S. The third-order valence-electron chi connectivity index (χ3n) is 3.91. The van der Waals surface area contributed by atoms with Gasteiger partial charge >= 0.3 is 0 Å². The van der Waals surface area contributed by atoms with E-state index in [1.54, 1.807) is 11.3 Å². The highest BCUT2D eigenvalue weighted by Crippen LogP contribution is 2.23. The van der Waals surface area contributed by atoms with Gasteiger partial charge in [0.05, 0.1) is 15.2 Å². The normalized spacial score (nSPS) is 10.8. The molecule has 0 aliphatic carbocycles. The number of fused-ring (bicyclic) bond motifs is 1. The number of para-hydroxylation sites is 1. The number of nitrogens with two attached hydrogens (primary N) is 1. The van der Waals surface area contributed by atoms with Crippen molar-refractivity contribution in [2.45, 2.75) is 25.7 Å². The number of hydrogen-bond acceptors (Lipinski definition) is 5. The smallest absolute Gasteiger partial charge is 0.224 e. The minimum Gasteiger partial charge on any atom is -0.492 e. The van der Waals surface area contributed by atoms with Gasteiger partial charge in [0.25, 0.3) is 0 Å². The summed E-state index contributed by atoms with van der Waals surface area (Å²) in [5.74, 6) is 0.786. The first kappa shape index (κ1) is 18.4. The first-order valence-electron chi connectivity index (χ1n) is 8.82. The zero-order chi connectivity index (χ0) is 18.2. The van der Waals surface area contributed by atoms with Crippen LogP contribution in [0.15, 0.2) is 48.5 Å². The van der Waals surface area contributed by atoms with Crippen molar-refractivity contribution in [2.75, 3.05) is 18.5 Å². The number of nitrogens with one attached hydrogen (secondary N) is 1. The molecule has 0 fully saturated rings. The van der Waals surface area contributed by atoms with Crippen molar-refractivity contribution in [3.63, 3.8) is 0 Å². The molecule has 0 saturated carbocycles. The minimum atomic E-state index is 0.0323. The lowest BCUT2D eigenvalue weighted by molar-refractivity contribution is -0.116. The third-order valence-corrected chi connectivity index (χ3v) is 5.00. The Kier molecular flexibility index (Phi) is 6.57. The molecule has 0 radical (unpaired) electrons. The van der Waals surface area contributed by atoms with Crippen LogP contribution < -0.4 is 15.8 Å². The molecule has 0 spiro atoms. The fraction of sp³-hybridized carbons (Fsp3) is 0.300. The van der Waals surface area contributed by atoms with Crippen molar-refractivity contribution in [1.29, 1.82) is 0 Å². The van der Waals surface area contributed by atoms with Gasteiger partial charge in [0.15, 0.2) is 0 Å². The van der Waals surface area contributed by atoms with Crippen molar-refractivity contribution in [1.82, 2.24) is 4.98 Å². The van der Waals surface area contributed by atoms with E-state index >= 15 is 0 Å². The largest absolute Gasteiger partial charge is 0.492 e. The number of nitrogens with zero attached hydrogens (tertiary/aromatic N) is 1. The number of anilines is 1. The SMILES string of the molecule is NCCOc1ccc(NC(=O)CCCCc2nc3ccccc3s2)cc1. The van der Waals surface area contributed by atoms with Crippen LogP contribution in [0.3, 0.4) is 0 Å². The van der Waals surface area contributed by atoms with Gasteiger partial charge < -0.3 is 15.8 Å². The van der Waals surface area contributed by atoms with Crippen molar-refractivity contribution in [3.8, 4) is 5.75 Å². The number of amides is 1. The Bertz CT molecular complexity index is 813. The molecule has 1 amide bonds. The highest BCUT2D eigenvalue weighted by Gasteiger charge is 2.05. The minimum absolute atomic E-state index is 0.0323. The molecule has 26 heavy (non-hydrogen) atoms. The van der Waals surface area contributed by atoms with E-state index in [1.165, 1.54) is 4.70 Å². The number of thiazole rings is 1. The van der Waals surface area contributed by atoms with E-state index in [9.17, 15) is 4.79 Å². The molecule has 5 nitrogen and oxygen atoms in total. The van der Waals surface area contributed by atoms with Crippen LogP contribution in [0.25, 0.3) is 10.2 Å². The maximum Gasteiger partial charge on any atom is 0.224 e. The number of carbonyl (C=O) groups excluding carboxylic acids is 1. The van der Waals surface area contributed by atoms with Crippen LogP contribution in [-0.4, -0.2) is 24.0 Å². The van der Waals surface area contributed by atoms with E-state index in [2.05, 4.69) is 16.4 Å². The molecule has 1 heterocycles. The second-order valence-corrected chi connectivity index (χ2v) is 7.11. The highest BCUT2D eigenvalue weighted by molar-refractivity contribution is 7.18. The summed E-state index contributed by atoms with van der Waals surface area (Å²) in [6.07, 6.45) is 3.23. The fourth-order valence-electron chi connectivity index (χ4n) is 2.62. The van der Waals surface area contributed by atoms with Crippen LogP contribution >= 0.6 is 11.3 Å². The Hall–Kier alpha value is -2.44. The van der Waals surface area contributed by atoms with Gasteiger partial charge in [-0.3, -0.25) is 4.79 Å². The number of aromatic nitrogens is 1. The lowest BCUT2D eigenvalue weighted by atomic mass is 10.2. The number of benzene rings is 2.